The molecule has 94 valence electrons. The highest BCUT2D eigenvalue weighted by Gasteiger charge is 2.19. The van der Waals surface area contributed by atoms with Crippen LogP contribution in [0, 0.1) is 0 Å². The van der Waals surface area contributed by atoms with Crippen LogP contribution in [0.15, 0.2) is 21.3 Å². The summed E-state index contributed by atoms with van der Waals surface area (Å²) in [5.41, 5.74) is 2.25. The van der Waals surface area contributed by atoms with E-state index in [4.69, 9.17) is 20.8 Å². The third kappa shape index (κ3) is 1.70. The SMILES string of the molecule is COc1cc2oc(=O)c3c(c2cc1Cl)CCCC3. The fourth-order valence-electron chi connectivity index (χ4n) is 2.60. The standard InChI is InChI=1S/C14H13ClO3/c1-17-13-7-12-10(6-11(13)15)8-4-2-3-5-9(8)14(16)18-12/h6-7H,2-5H2,1H3. The Morgan fingerprint density at radius 1 is 1.22 bits per heavy atom. The number of rotatable bonds is 1. The van der Waals surface area contributed by atoms with E-state index >= 15 is 0 Å². The van der Waals surface area contributed by atoms with E-state index in [9.17, 15) is 4.79 Å². The third-order valence-corrected chi connectivity index (χ3v) is 3.79. The van der Waals surface area contributed by atoms with Crippen molar-refractivity contribution in [3.05, 3.63) is 38.7 Å². The highest BCUT2D eigenvalue weighted by molar-refractivity contribution is 6.32. The van der Waals surface area contributed by atoms with E-state index in [0.717, 1.165) is 42.2 Å². The molecule has 2 aromatic rings. The van der Waals surface area contributed by atoms with Gasteiger partial charge in [-0.2, -0.15) is 0 Å². The lowest BCUT2D eigenvalue weighted by Gasteiger charge is -2.16. The topological polar surface area (TPSA) is 39.4 Å². The first-order valence-electron chi connectivity index (χ1n) is 6.03. The summed E-state index contributed by atoms with van der Waals surface area (Å²) in [6, 6.07) is 3.52. The molecular formula is C14H13ClO3. The van der Waals surface area contributed by atoms with Gasteiger partial charge in [-0.25, -0.2) is 4.79 Å². The summed E-state index contributed by atoms with van der Waals surface area (Å²) in [5.74, 6) is 0.531. The Balaban J connectivity index is 2.38. The molecule has 0 atom stereocenters. The normalized spacial score (nSPS) is 14.6. The summed E-state index contributed by atoms with van der Waals surface area (Å²) < 4.78 is 10.5. The molecule has 3 nitrogen and oxygen atoms in total. The highest BCUT2D eigenvalue weighted by atomic mass is 35.5. The number of benzene rings is 1. The molecule has 1 aliphatic rings. The molecule has 0 N–H and O–H groups in total. The number of fused-ring (bicyclic) bond motifs is 3. The van der Waals surface area contributed by atoms with Crippen molar-refractivity contribution in [2.45, 2.75) is 25.7 Å². The molecule has 0 saturated carbocycles. The molecule has 0 spiro atoms. The lowest BCUT2D eigenvalue weighted by Crippen LogP contribution is -2.15. The van der Waals surface area contributed by atoms with Crippen LogP contribution in [0.1, 0.15) is 24.0 Å². The molecule has 1 heterocycles. The van der Waals surface area contributed by atoms with Gasteiger partial charge in [-0.05, 0) is 37.3 Å². The first-order valence-corrected chi connectivity index (χ1v) is 6.40. The third-order valence-electron chi connectivity index (χ3n) is 3.50. The van der Waals surface area contributed by atoms with E-state index < -0.39 is 0 Å². The molecule has 3 rings (SSSR count). The van der Waals surface area contributed by atoms with Gasteiger partial charge in [0.1, 0.15) is 11.3 Å². The first-order chi connectivity index (χ1) is 8.70. The fraction of sp³-hybridized carbons (Fsp3) is 0.357. The molecular weight excluding hydrogens is 252 g/mol. The maximum absolute atomic E-state index is 11.9. The van der Waals surface area contributed by atoms with Crippen LogP contribution in [-0.2, 0) is 12.8 Å². The number of halogens is 1. The fourth-order valence-corrected chi connectivity index (χ4v) is 2.84. The van der Waals surface area contributed by atoms with Crippen LogP contribution in [-0.4, -0.2) is 7.11 Å². The molecule has 0 amide bonds. The smallest absolute Gasteiger partial charge is 0.339 e. The van der Waals surface area contributed by atoms with E-state index in [2.05, 4.69) is 0 Å². The number of hydrogen-bond donors (Lipinski definition) is 0. The molecule has 0 bridgehead atoms. The minimum Gasteiger partial charge on any atom is -0.495 e. The number of hydrogen-bond acceptors (Lipinski definition) is 3. The Morgan fingerprint density at radius 2 is 1.94 bits per heavy atom. The van der Waals surface area contributed by atoms with Gasteiger partial charge in [-0.1, -0.05) is 11.6 Å². The maximum atomic E-state index is 11.9. The van der Waals surface area contributed by atoms with Crippen LogP contribution >= 0.6 is 11.6 Å². The number of ether oxygens (including phenoxy) is 1. The van der Waals surface area contributed by atoms with E-state index in [1.54, 1.807) is 13.2 Å². The maximum Gasteiger partial charge on any atom is 0.339 e. The van der Waals surface area contributed by atoms with Gasteiger partial charge in [0.2, 0.25) is 0 Å². The summed E-state index contributed by atoms with van der Waals surface area (Å²) in [4.78, 5) is 11.9. The number of methoxy groups -OCH3 is 1. The van der Waals surface area contributed by atoms with Gasteiger partial charge >= 0.3 is 5.63 Å². The second-order valence-electron chi connectivity index (χ2n) is 4.54. The van der Waals surface area contributed by atoms with Crippen LogP contribution in [0.2, 0.25) is 5.02 Å². The van der Waals surface area contributed by atoms with E-state index in [1.807, 2.05) is 6.07 Å². The minimum atomic E-state index is -0.221. The van der Waals surface area contributed by atoms with Crippen LogP contribution in [0.25, 0.3) is 11.0 Å². The number of aryl methyl sites for hydroxylation is 1. The molecule has 0 saturated heterocycles. The van der Waals surface area contributed by atoms with Gasteiger partial charge in [-0.3, -0.25) is 0 Å². The average Bonchev–Trinajstić information content (AvgIpc) is 2.39. The zero-order valence-corrected chi connectivity index (χ0v) is 10.8. The predicted octanol–water partition coefficient (Wildman–Crippen LogP) is 3.33. The molecule has 0 aliphatic heterocycles. The summed E-state index contributed by atoms with van der Waals surface area (Å²) in [6.45, 7) is 0. The molecule has 1 aromatic heterocycles. The summed E-state index contributed by atoms with van der Waals surface area (Å²) in [7, 11) is 1.55. The summed E-state index contributed by atoms with van der Waals surface area (Å²) in [5, 5.41) is 1.49. The van der Waals surface area contributed by atoms with Gasteiger partial charge in [0.25, 0.3) is 0 Å². The Morgan fingerprint density at radius 3 is 2.67 bits per heavy atom. The second kappa shape index (κ2) is 4.32. The summed E-state index contributed by atoms with van der Waals surface area (Å²) in [6.07, 6.45) is 3.87. The minimum absolute atomic E-state index is 0.221. The van der Waals surface area contributed by atoms with Gasteiger partial charge in [0, 0.05) is 17.0 Å². The Labute approximate surface area is 109 Å². The Kier molecular flexibility index (Phi) is 2.78. The van der Waals surface area contributed by atoms with E-state index in [0.29, 0.717) is 16.4 Å². The van der Waals surface area contributed by atoms with Gasteiger partial charge in [0.05, 0.1) is 12.1 Å². The van der Waals surface area contributed by atoms with Crippen LogP contribution in [0.3, 0.4) is 0 Å². The summed E-state index contributed by atoms with van der Waals surface area (Å²) >= 11 is 6.14. The van der Waals surface area contributed by atoms with Crippen LogP contribution < -0.4 is 10.4 Å². The molecule has 0 unspecified atom stereocenters. The lowest BCUT2D eigenvalue weighted by molar-refractivity contribution is 0.414. The van der Waals surface area contributed by atoms with Crippen molar-refractivity contribution >= 4 is 22.6 Å². The molecule has 0 fully saturated rings. The Hall–Kier alpha value is -1.48. The van der Waals surface area contributed by atoms with Crippen molar-refractivity contribution in [3.8, 4) is 5.75 Å². The molecule has 1 aliphatic carbocycles. The van der Waals surface area contributed by atoms with Crippen molar-refractivity contribution < 1.29 is 9.15 Å². The predicted molar refractivity (Wildman–Crippen MR) is 70.7 cm³/mol. The second-order valence-corrected chi connectivity index (χ2v) is 4.94. The zero-order chi connectivity index (χ0) is 12.7. The van der Waals surface area contributed by atoms with Gasteiger partial charge in [-0.15, -0.1) is 0 Å². The van der Waals surface area contributed by atoms with Crippen molar-refractivity contribution in [2.24, 2.45) is 0 Å². The van der Waals surface area contributed by atoms with Gasteiger partial charge in [0.15, 0.2) is 0 Å². The van der Waals surface area contributed by atoms with E-state index in [1.165, 1.54) is 0 Å². The molecule has 4 heteroatoms. The quantitative estimate of drug-likeness (QED) is 0.742. The average molecular weight is 265 g/mol. The van der Waals surface area contributed by atoms with Crippen LogP contribution in [0.4, 0.5) is 0 Å². The van der Waals surface area contributed by atoms with Gasteiger partial charge < -0.3 is 9.15 Å². The monoisotopic (exact) mass is 264 g/mol. The van der Waals surface area contributed by atoms with Crippen LogP contribution in [0.5, 0.6) is 5.75 Å². The zero-order valence-electron chi connectivity index (χ0n) is 10.1. The Bertz CT molecular complexity index is 673. The van der Waals surface area contributed by atoms with Crippen molar-refractivity contribution in [1.82, 2.24) is 0 Å². The first kappa shape index (κ1) is 11.6. The lowest BCUT2D eigenvalue weighted by atomic mass is 9.91. The largest absolute Gasteiger partial charge is 0.495 e. The van der Waals surface area contributed by atoms with Crippen molar-refractivity contribution in [2.75, 3.05) is 7.11 Å². The molecule has 18 heavy (non-hydrogen) atoms. The highest BCUT2D eigenvalue weighted by Crippen LogP contribution is 2.33. The van der Waals surface area contributed by atoms with Crippen molar-refractivity contribution in [3.63, 3.8) is 0 Å². The van der Waals surface area contributed by atoms with Crippen molar-refractivity contribution in [1.29, 1.82) is 0 Å². The molecule has 1 aromatic carbocycles. The van der Waals surface area contributed by atoms with E-state index in [-0.39, 0.29) is 5.63 Å². The molecule has 0 radical (unpaired) electrons.